The maximum Gasteiger partial charge on any atom is 0.135 e. The van der Waals surface area contributed by atoms with Crippen LogP contribution in [0.25, 0.3) is 116 Å². The zero-order valence-electron chi connectivity index (χ0n) is 32.3. The van der Waals surface area contributed by atoms with Crippen LogP contribution in [0.5, 0.6) is 0 Å². The van der Waals surface area contributed by atoms with Crippen molar-refractivity contribution in [1.82, 2.24) is 9.13 Å². The molecule has 0 aliphatic heterocycles. The molecule has 1 atom stereocenters. The van der Waals surface area contributed by atoms with Crippen molar-refractivity contribution in [2.75, 3.05) is 0 Å². The predicted octanol–water partition coefficient (Wildman–Crippen LogP) is 15.4. The first-order chi connectivity index (χ1) is 29.1. The van der Waals surface area contributed by atoms with Crippen LogP contribution >= 0.6 is 0 Å². The van der Waals surface area contributed by atoms with Gasteiger partial charge >= 0.3 is 0 Å². The molecular weight excluding hydrogens is 721 g/mol. The van der Waals surface area contributed by atoms with Gasteiger partial charge in [0.2, 0.25) is 0 Å². The minimum Gasteiger partial charge on any atom is -0.460 e. The lowest BCUT2D eigenvalue weighted by Gasteiger charge is -2.21. The lowest BCUT2D eigenvalue weighted by Crippen LogP contribution is -2.06. The third-order valence-corrected chi connectivity index (χ3v) is 12.7. The molecule has 1 aliphatic rings. The van der Waals surface area contributed by atoms with Gasteiger partial charge in [0.1, 0.15) is 22.5 Å². The summed E-state index contributed by atoms with van der Waals surface area (Å²) < 4.78 is 17.9. The van der Waals surface area contributed by atoms with Gasteiger partial charge in [-0.05, 0) is 108 Å². The molecule has 0 amide bonds. The van der Waals surface area contributed by atoms with Crippen molar-refractivity contribution in [3.8, 4) is 27.9 Å². The summed E-state index contributed by atoms with van der Waals surface area (Å²) in [5, 5.41) is 8.44. The van der Waals surface area contributed by atoms with Gasteiger partial charge in [0, 0.05) is 60.6 Å². The second kappa shape index (κ2) is 12.2. The van der Waals surface area contributed by atoms with Crippen molar-refractivity contribution in [1.29, 1.82) is 0 Å². The van der Waals surface area contributed by atoms with E-state index in [1.807, 2.05) is 0 Å². The van der Waals surface area contributed by atoms with Gasteiger partial charge in [0.25, 0.3) is 0 Å². The van der Waals surface area contributed by atoms with Crippen LogP contribution in [0.1, 0.15) is 30.6 Å². The summed E-state index contributed by atoms with van der Waals surface area (Å²) in [5.41, 5.74) is 15.8. The van der Waals surface area contributed by atoms with Crippen molar-refractivity contribution < 1.29 is 8.83 Å². The third kappa shape index (κ3) is 4.77. The summed E-state index contributed by atoms with van der Waals surface area (Å²) in [4.78, 5) is 0. The minimum atomic E-state index is 0.246. The Hall–Kier alpha value is -7.56. The molecule has 1 aliphatic carbocycles. The van der Waals surface area contributed by atoms with Gasteiger partial charge in [-0.1, -0.05) is 110 Å². The minimum absolute atomic E-state index is 0.246. The number of rotatable bonds is 4. The molecule has 13 rings (SSSR count). The Bertz CT molecular complexity index is 3630. The fourth-order valence-corrected chi connectivity index (χ4v) is 10.0. The first-order valence-electron chi connectivity index (χ1n) is 20.5. The quantitative estimate of drug-likeness (QED) is 0.179. The molecule has 4 aromatic heterocycles. The van der Waals surface area contributed by atoms with Crippen molar-refractivity contribution in [2.45, 2.75) is 19.3 Å². The summed E-state index contributed by atoms with van der Waals surface area (Å²) in [6.07, 6.45) is 3.28. The molecule has 12 aromatic rings. The molecule has 0 saturated carbocycles. The summed E-state index contributed by atoms with van der Waals surface area (Å²) in [6, 6.07) is 63.5. The van der Waals surface area contributed by atoms with E-state index in [0.29, 0.717) is 0 Å². The summed E-state index contributed by atoms with van der Waals surface area (Å²) in [7, 11) is 0. The fourth-order valence-electron chi connectivity index (χ4n) is 10.0. The number of aromatic nitrogens is 2. The lowest BCUT2D eigenvalue weighted by atomic mass is 9.90. The van der Waals surface area contributed by atoms with Crippen LogP contribution < -0.4 is 0 Å². The molecule has 0 saturated heterocycles. The molecule has 0 radical (unpaired) electrons. The summed E-state index contributed by atoms with van der Waals surface area (Å²) >= 11 is 0. The van der Waals surface area contributed by atoms with Crippen LogP contribution in [0.2, 0.25) is 0 Å². The summed E-state index contributed by atoms with van der Waals surface area (Å²) in [6.45, 7) is 2.29. The molecule has 0 bridgehead atoms. The smallest absolute Gasteiger partial charge is 0.135 e. The lowest BCUT2D eigenvalue weighted by molar-refractivity contribution is 0.504. The van der Waals surface area contributed by atoms with Gasteiger partial charge in [0.15, 0.2) is 0 Å². The second-order valence-corrected chi connectivity index (χ2v) is 16.1. The van der Waals surface area contributed by atoms with E-state index in [9.17, 15) is 0 Å². The second-order valence-electron chi connectivity index (χ2n) is 16.1. The van der Waals surface area contributed by atoms with Gasteiger partial charge < -0.3 is 18.0 Å². The van der Waals surface area contributed by atoms with Crippen LogP contribution in [0.3, 0.4) is 0 Å². The Morgan fingerprint density at radius 1 is 0.407 bits per heavy atom. The standard InChI is InChI=1S/C55H36N2O2/c1-33-27-39(57-50-19-8-4-15-42(50)43-16-5-9-20-51(43)57)32-47-45-30-37(22-25-54(45)59-55(33)47)35-12-10-11-34(28-35)36-21-24-52-44(29-36)46-31-38(23-26-53(46)58-52)56-48-17-6-2-13-40(48)41-14-3-7-18-49(41)56/h2-26,28-33H,27H2,1H3. The Labute approximate surface area is 339 Å². The maximum atomic E-state index is 6.61. The van der Waals surface area contributed by atoms with Gasteiger partial charge in [-0.15, -0.1) is 0 Å². The number of furan rings is 2. The Morgan fingerprint density at radius 3 is 1.47 bits per heavy atom. The van der Waals surface area contributed by atoms with Gasteiger partial charge in [-0.25, -0.2) is 0 Å². The topological polar surface area (TPSA) is 36.1 Å². The van der Waals surface area contributed by atoms with E-state index in [0.717, 1.165) is 61.9 Å². The first kappa shape index (κ1) is 32.5. The molecule has 4 heterocycles. The molecule has 4 heteroatoms. The molecule has 0 fully saturated rings. The molecule has 59 heavy (non-hydrogen) atoms. The van der Waals surface area contributed by atoms with Crippen LogP contribution in [-0.4, -0.2) is 9.13 Å². The highest BCUT2D eigenvalue weighted by atomic mass is 16.3. The molecule has 4 nitrogen and oxygen atoms in total. The molecule has 8 aromatic carbocycles. The van der Waals surface area contributed by atoms with E-state index in [1.165, 1.54) is 66.0 Å². The zero-order valence-corrected chi connectivity index (χ0v) is 32.3. The van der Waals surface area contributed by atoms with Crippen molar-refractivity contribution in [2.24, 2.45) is 0 Å². The van der Waals surface area contributed by atoms with E-state index < -0.39 is 0 Å². The van der Waals surface area contributed by atoms with E-state index in [1.54, 1.807) is 0 Å². The monoisotopic (exact) mass is 756 g/mol. The van der Waals surface area contributed by atoms with Crippen LogP contribution in [0.15, 0.2) is 185 Å². The van der Waals surface area contributed by atoms with E-state index >= 15 is 0 Å². The molecule has 0 N–H and O–H groups in total. The van der Waals surface area contributed by atoms with Gasteiger partial charge in [-0.3, -0.25) is 0 Å². The Morgan fingerprint density at radius 2 is 0.881 bits per heavy atom. The number of hydrogen-bond acceptors (Lipinski definition) is 2. The fraction of sp³-hybridized carbons (Fsp3) is 0.0545. The Balaban J connectivity index is 0.904. The Kier molecular flexibility index (Phi) is 6.74. The van der Waals surface area contributed by atoms with E-state index in [4.69, 9.17) is 8.83 Å². The highest BCUT2D eigenvalue weighted by Crippen LogP contribution is 2.45. The number of benzene rings is 8. The molecule has 0 spiro atoms. The number of allylic oxidation sites excluding steroid dienone is 1. The van der Waals surface area contributed by atoms with Gasteiger partial charge in [0.05, 0.1) is 22.1 Å². The maximum absolute atomic E-state index is 6.61. The summed E-state index contributed by atoms with van der Waals surface area (Å²) in [5.74, 6) is 1.31. The average Bonchev–Trinajstić information content (AvgIpc) is 4.04. The van der Waals surface area contributed by atoms with Crippen LogP contribution in [0, 0.1) is 0 Å². The molecule has 278 valence electrons. The van der Waals surface area contributed by atoms with E-state index in [-0.39, 0.29) is 5.92 Å². The first-order valence-corrected chi connectivity index (χ1v) is 20.5. The number of para-hydroxylation sites is 4. The van der Waals surface area contributed by atoms with Crippen molar-refractivity contribution in [3.63, 3.8) is 0 Å². The zero-order chi connectivity index (χ0) is 38.8. The number of fused-ring (bicyclic) bond motifs is 12. The van der Waals surface area contributed by atoms with Crippen LogP contribution in [-0.2, 0) is 0 Å². The van der Waals surface area contributed by atoms with Gasteiger partial charge in [-0.2, -0.15) is 0 Å². The SMILES string of the molecule is CC1CC(n2c3ccccc3c3ccccc32)=Cc2c1oc1ccc(-c3cccc(-c4ccc5oc6ccc(-n7c8ccccc8c8ccccc87)cc6c5c4)c3)cc21. The normalized spacial score (nSPS) is 14.4. The highest BCUT2D eigenvalue weighted by molar-refractivity contribution is 6.12. The van der Waals surface area contributed by atoms with Crippen LogP contribution in [0.4, 0.5) is 0 Å². The van der Waals surface area contributed by atoms with Crippen molar-refractivity contribution >= 4 is 88.3 Å². The van der Waals surface area contributed by atoms with Crippen molar-refractivity contribution in [3.05, 3.63) is 187 Å². The average molecular weight is 757 g/mol. The number of hydrogen-bond donors (Lipinski definition) is 0. The predicted molar refractivity (Wildman–Crippen MR) is 245 cm³/mol. The largest absolute Gasteiger partial charge is 0.460 e. The number of nitrogens with zero attached hydrogens (tertiary/aromatic N) is 2. The van der Waals surface area contributed by atoms with E-state index in [2.05, 4.69) is 198 Å². The third-order valence-electron chi connectivity index (χ3n) is 12.7. The molecular formula is C55H36N2O2. The molecule has 1 unspecified atom stereocenters. The highest BCUT2D eigenvalue weighted by Gasteiger charge is 2.27.